The van der Waals surface area contributed by atoms with E-state index in [-0.39, 0.29) is 17.9 Å². The van der Waals surface area contributed by atoms with Crippen LogP contribution in [-0.2, 0) is 16.0 Å². The number of aliphatic carboxylic acids is 1. The van der Waals surface area contributed by atoms with E-state index >= 15 is 0 Å². The number of non-ortho nitro benzene ring substituents is 1. The number of nitro benzene ring substituents is 1. The lowest BCUT2D eigenvalue weighted by Crippen LogP contribution is -2.42. The summed E-state index contributed by atoms with van der Waals surface area (Å²) in [7, 11) is 0. The molecule has 6 heteroatoms. The van der Waals surface area contributed by atoms with Crippen LogP contribution in [0.25, 0.3) is 0 Å². The Morgan fingerprint density at radius 3 is 2.55 bits per heavy atom. The lowest BCUT2D eigenvalue weighted by Gasteiger charge is -2.31. The molecular formula is C14H15NO5. The van der Waals surface area contributed by atoms with Gasteiger partial charge in [-0.2, -0.15) is 0 Å². The average molecular weight is 277 g/mol. The minimum atomic E-state index is -0.876. The average Bonchev–Trinajstić information content (AvgIpc) is 3.00. The summed E-state index contributed by atoms with van der Waals surface area (Å²) in [5, 5.41) is 20.2. The molecule has 0 aliphatic carbocycles. The molecule has 1 N–H and O–H groups in total. The number of carbonyl (C=O) groups is 1. The summed E-state index contributed by atoms with van der Waals surface area (Å²) in [5.41, 5.74) is -0.0598. The van der Waals surface area contributed by atoms with E-state index in [0.717, 1.165) is 18.4 Å². The zero-order valence-corrected chi connectivity index (χ0v) is 10.8. The molecule has 2 fully saturated rings. The van der Waals surface area contributed by atoms with Gasteiger partial charge in [-0.3, -0.25) is 14.9 Å². The Morgan fingerprint density at radius 2 is 2.10 bits per heavy atom. The van der Waals surface area contributed by atoms with E-state index in [0.29, 0.717) is 12.8 Å². The first-order valence-corrected chi connectivity index (χ1v) is 6.63. The number of fused-ring (bicyclic) bond motifs is 2. The molecule has 0 radical (unpaired) electrons. The van der Waals surface area contributed by atoms with Gasteiger partial charge in [0, 0.05) is 12.1 Å². The Morgan fingerprint density at radius 1 is 1.40 bits per heavy atom. The summed E-state index contributed by atoms with van der Waals surface area (Å²) < 4.78 is 5.69. The Kier molecular flexibility index (Phi) is 2.97. The van der Waals surface area contributed by atoms with Gasteiger partial charge in [0.25, 0.3) is 5.69 Å². The molecule has 6 nitrogen and oxygen atoms in total. The van der Waals surface area contributed by atoms with Crippen molar-refractivity contribution in [3.63, 3.8) is 0 Å². The summed E-state index contributed by atoms with van der Waals surface area (Å²) >= 11 is 0. The second kappa shape index (κ2) is 4.56. The van der Waals surface area contributed by atoms with E-state index in [9.17, 15) is 20.0 Å². The quantitative estimate of drug-likeness (QED) is 0.672. The Hall–Kier alpha value is -1.95. The van der Waals surface area contributed by atoms with Crippen LogP contribution in [0.3, 0.4) is 0 Å². The standard InChI is InChI=1S/C14H15NO5/c16-13(17)14(8-11-5-6-12(14)20-11)7-9-1-3-10(4-2-9)15(18)19/h1-4,11-12H,5-8H2,(H,16,17). The van der Waals surface area contributed by atoms with Crippen molar-refractivity contribution >= 4 is 11.7 Å². The molecule has 1 aromatic rings. The highest BCUT2D eigenvalue weighted by Gasteiger charge is 2.57. The van der Waals surface area contributed by atoms with Crippen LogP contribution < -0.4 is 0 Å². The molecule has 0 saturated carbocycles. The first kappa shape index (κ1) is 13.1. The lowest BCUT2D eigenvalue weighted by molar-refractivity contribution is -0.384. The molecular weight excluding hydrogens is 262 g/mol. The van der Waals surface area contributed by atoms with Crippen molar-refractivity contribution in [2.75, 3.05) is 0 Å². The van der Waals surface area contributed by atoms with Crippen LogP contribution in [0.15, 0.2) is 24.3 Å². The van der Waals surface area contributed by atoms with Crippen LogP contribution in [0.2, 0.25) is 0 Å². The van der Waals surface area contributed by atoms with Gasteiger partial charge in [-0.1, -0.05) is 12.1 Å². The Labute approximate surface area is 115 Å². The first-order chi connectivity index (χ1) is 9.51. The van der Waals surface area contributed by atoms with Gasteiger partial charge in [0.15, 0.2) is 0 Å². The van der Waals surface area contributed by atoms with Gasteiger partial charge in [-0.15, -0.1) is 0 Å². The SMILES string of the molecule is O=C(O)C1(Cc2ccc([N+](=O)[O-])cc2)CC2CCC1O2. The number of nitrogens with zero attached hydrogens (tertiary/aromatic N) is 1. The topological polar surface area (TPSA) is 89.7 Å². The molecule has 2 aliphatic rings. The number of carboxylic acid groups (broad SMARTS) is 1. The molecule has 106 valence electrons. The third kappa shape index (κ3) is 1.96. The van der Waals surface area contributed by atoms with E-state index in [2.05, 4.69) is 0 Å². The van der Waals surface area contributed by atoms with Gasteiger partial charge < -0.3 is 9.84 Å². The summed E-state index contributed by atoms with van der Waals surface area (Å²) in [6, 6.07) is 6.10. The number of benzene rings is 1. The number of hydrogen-bond acceptors (Lipinski definition) is 4. The van der Waals surface area contributed by atoms with Crippen LogP contribution in [0.1, 0.15) is 24.8 Å². The van der Waals surface area contributed by atoms with E-state index in [4.69, 9.17) is 4.74 Å². The van der Waals surface area contributed by atoms with Crippen LogP contribution in [0.5, 0.6) is 0 Å². The number of ether oxygens (including phenoxy) is 1. The fourth-order valence-electron chi connectivity index (χ4n) is 3.39. The predicted octanol–water partition coefficient (Wildman–Crippen LogP) is 2.16. The fraction of sp³-hybridized carbons (Fsp3) is 0.500. The van der Waals surface area contributed by atoms with E-state index in [1.807, 2.05) is 0 Å². The fourth-order valence-corrected chi connectivity index (χ4v) is 3.39. The number of rotatable bonds is 4. The molecule has 0 aromatic heterocycles. The minimum absolute atomic E-state index is 0.0160. The molecule has 2 heterocycles. The first-order valence-electron chi connectivity index (χ1n) is 6.63. The largest absolute Gasteiger partial charge is 0.481 e. The van der Waals surface area contributed by atoms with Gasteiger partial charge in [0.2, 0.25) is 0 Å². The molecule has 20 heavy (non-hydrogen) atoms. The van der Waals surface area contributed by atoms with E-state index < -0.39 is 16.3 Å². The van der Waals surface area contributed by atoms with Crippen molar-refractivity contribution in [1.82, 2.24) is 0 Å². The van der Waals surface area contributed by atoms with Gasteiger partial charge in [-0.05, 0) is 31.2 Å². The maximum Gasteiger partial charge on any atom is 0.312 e. The minimum Gasteiger partial charge on any atom is -0.481 e. The van der Waals surface area contributed by atoms with Crippen molar-refractivity contribution in [3.8, 4) is 0 Å². The van der Waals surface area contributed by atoms with Gasteiger partial charge in [-0.25, -0.2) is 0 Å². The highest BCUT2D eigenvalue weighted by atomic mass is 16.6. The maximum atomic E-state index is 11.7. The smallest absolute Gasteiger partial charge is 0.312 e. The number of hydrogen-bond donors (Lipinski definition) is 1. The summed E-state index contributed by atoms with van der Waals surface area (Å²) in [6.45, 7) is 0. The van der Waals surface area contributed by atoms with Crippen molar-refractivity contribution in [2.24, 2.45) is 5.41 Å². The monoisotopic (exact) mass is 277 g/mol. The summed E-state index contributed by atoms with van der Waals surface area (Å²) in [4.78, 5) is 21.9. The molecule has 3 atom stereocenters. The van der Waals surface area contributed by atoms with E-state index in [1.54, 1.807) is 12.1 Å². The van der Waals surface area contributed by atoms with Gasteiger partial charge in [0.1, 0.15) is 5.41 Å². The predicted molar refractivity (Wildman–Crippen MR) is 69.4 cm³/mol. The Balaban J connectivity index is 1.84. The second-order valence-corrected chi connectivity index (χ2v) is 5.59. The zero-order valence-electron chi connectivity index (χ0n) is 10.8. The number of nitro groups is 1. The normalized spacial score (nSPS) is 31.4. The van der Waals surface area contributed by atoms with E-state index in [1.165, 1.54) is 12.1 Å². The third-order valence-corrected chi connectivity index (χ3v) is 4.41. The third-order valence-electron chi connectivity index (χ3n) is 4.41. The molecule has 2 bridgehead atoms. The van der Waals surface area contributed by atoms with Crippen LogP contribution in [0.4, 0.5) is 5.69 Å². The van der Waals surface area contributed by atoms with Crippen LogP contribution in [-0.4, -0.2) is 28.2 Å². The highest BCUT2D eigenvalue weighted by molar-refractivity contribution is 5.76. The molecule has 3 unspecified atom stereocenters. The summed E-state index contributed by atoms with van der Waals surface area (Å²) in [5.74, 6) is -0.831. The zero-order chi connectivity index (χ0) is 14.3. The van der Waals surface area contributed by atoms with Crippen molar-refractivity contribution in [1.29, 1.82) is 0 Å². The Bertz CT molecular complexity index is 555. The maximum absolute atomic E-state index is 11.7. The van der Waals surface area contributed by atoms with Gasteiger partial charge in [0.05, 0.1) is 17.1 Å². The molecule has 0 spiro atoms. The van der Waals surface area contributed by atoms with Crippen molar-refractivity contribution in [3.05, 3.63) is 39.9 Å². The molecule has 1 aromatic carbocycles. The number of carboxylic acids is 1. The molecule has 2 saturated heterocycles. The van der Waals surface area contributed by atoms with Gasteiger partial charge >= 0.3 is 5.97 Å². The summed E-state index contributed by atoms with van der Waals surface area (Å²) in [6.07, 6.45) is 2.42. The molecule has 2 aliphatic heterocycles. The lowest BCUT2D eigenvalue weighted by atomic mass is 9.70. The van der Waals surface area contributed by atoms with Crippen molar-refractivity contribution in [2.45, 2.75) is 37.9 Å². The second-order valence-electron chi connectivity index (χ2n) is 5.59. The van der Waals surface area contributed by atoms with Crippen molar-refractivity contribution < 1.29 is 19.6 Å². The highest BCUT2D eigenvalue weighted by Crippen LogP contribution is 2.49. The van der Waals surface area contributed by atoms with Crippen LogP contribution >= 0.6 is 0 Å². The molecule has 3 rings (SSSR count). The molecule has 0 amide bonds. The van der Waals surface area contributed by atoms with Crippen LogP contribution in [0, 0.1) is 15.5 Å².